The van der Waals surface area contributed by atoms with E-state index >= 15 is 0 Å². The van der Waals surface area contributed by atoms with Gasteiger partial charge < -0.3 is 18.6 Å². The van der Waals surface area contributed by atoms with Gasteiger partial charge in [0.2, 0.25) is 0 Å². The van der Waals surface area contributed by atoms with Crippen molar-refractivity contribution in [2.45, 2.75) is 0 Å². The smallest absolute Gasteiger partial charge is 0.137 e. The highest BCUT2D eigenvalue weighted by atomic mass is 15.1. The van der Waals surface area contributed by atoms with Crippen LogP contribution in [0.4, 0.5) is 34.1 Å². The molecule has 14 aromatic rings. The van der Waals surface area contributed by atoms with Crippen molar-refractivity contribution in [2.24, 2.45) is 0 Å². The van der Waals surface area contributed by atoms with E-state index in [4.69, 9.17) is 19.9 Å². The number of nitrogens with zero attached hydrogens (tertiary/aromatic N) is 8. The fourth-order valence-corrected chi connectivity index (χ4v) is 10.4. The number of anilines is 6. The Labute approximate surface area is 451 Å². The number of imidazole rings is 2. The van der Waals surface area contributed by atoms with Crippen LogP contribution < -0.4 is 9.80 Å². The topological polar surface area (TPSA) is 66.9 Å². The molecule has 8 heteroatoms. The predicted molar refractivity (Wildman–Crippen MR) is 319 cm³/mol. The zero-order valence-electron chi connectivity index (χ0n) is 42.3. The molecule has 0 spiro atoms. The minimum Gasteiger partial charge on any atom is -0.311 e. The highest BCUT2D eigenvalue weighted by Crippen LogP contribution is 2.40. The van der Waals surface area contributed by atoms with Gasteiger partial charge in [0.05, 0.1) is 33.8 Å². The van der Waals surface area contributed by atoms with E-state index < -0.39 is 0 Å². The van der Waals surface area contributed by atoms with Crippen molar-refractivity contribution >= 4 is 56.5 Å². The number of hydrogen-bond acceptors (Lipinski definition) is 6. The lowest BCUT2D eigenvalue weighted by atomic mass is 9.98. The molecule has 78 heavy (non-hydrogen) atoms. The average molecular weight is 1000 g/mol. The van der Waals surface area contributed by atoms with Gasteiger partial charge in [0.1, 0.15) is 11.3 Å². The molecular weight excluding hydrogens is 953 g/mol. The zero-order valence-corrected chi connectivity index (χ0v) is 42.3. The fraction of sp³-hybridized carbons (Fsp3) is 0. The molecule has 0 aliphatic carbocycles. The van der Waals surface area contributed by atoms with Crippen molar-refractivity contribution in [3.63, 3.8) is 0 Å². The molecule has 5 aromatic heterocycles. The summed E-state index contributed by atoms with van der Waals surface area (Å²) in [4.78, 5) is 24.8. The molecular formula is C70H48N8. The first kappa shape index (κ1) is 45.9. The Morgan fingerprint density at radius 2 is 0.513 bits per heavy atom. The summed E-state index contributed by atoms with van der Waals surface area (Å²) in [6.45, 7) is 0. The molecule has 368 valence electrons. The van der Waals surface area contributed by atoms with E-state index in [2.05, 4.69) is 237 Å². The lowest BCUT2D eigenvalue weighted by molar-refractivity contribution is 1.19. The first-order valence-electron chi connectivity index (χ1n) is 26.1. The summed E-state index contributed by atoms with van der Waals surface area (Å²) in [7, 11) is 0. The van der Waals surface area contributed by atoms with Gasteiger partial charge in [-0.2, -0.15) is 0 Å². The summed E-state index contributed by atoms with van der Waals surface area (Å²) >= 11 is 0. The van der Waals surface area contributed by atoms with Crippen LogP contribution >= 0.6 is 0 Å². The van der Waals surface area contributed by atoms with Crippen LogP contribution in [0, 0.1) is 0 Å². The maximum absolute atomic E-state index is 5.25. The highest BCUT2D eigenvalue weighted by Gasteiger charge is 2.18. The quantitative estimate of drug-likeness (QED) is 0.121. The van der Waals surface area contributed by atoms with Crippen LogP contribution in [0.2, 0.25) is 0 Å². The molecule has 0 atom stereocenters. The third kappa shape index (κ3) is 8.89. The lowest BCUT2D eigenvalue weighted by Crippen LogP contribution is -2.09. The summed E-state index contributed by atoms with van der Waals surface area (Å²) in [5, 5.41) is 0. The lowest BCUT2D eigenvalue weighted by Gasteiger charge is -2.25. The molecule has 0 unspecified atom stereocenters. The fourth-order valence-electron chi connectivity index (χ4n) is 10.4. The molecule has 0 fully saturated rings. The van der Waals surface area contributed by atoms with Crippen molar-refractivity contribution in [2.75, 3.05) is 9.80 Å². The van der Waals surface area contributed by atoms with Gasteiger partial charge in [-0.15, -0.1) is 0 Å². The molecule has 0 saturated heterocycles. The third-order valence-electron chi connectivity index (χ3n) is 14.4. The first-order valence-corrected chi connectivity index (χ1v) is 26.1. The van der Waals surface area contributed by atoms with Crippen LogP contribution in [0.15, 0.2) is 292 Å². The van der Waals surface area contributed by atoms with Crippen molar-refractivity contribution in [3.05, 3.63) is 292 Å². The van der Waals surface area contributed by atoms with E-state index in [1.165, 1.54) is 0 Å². The number of aromatic nitrogens is 6. The standard InChI is InChI=1S/C70H48N8/c1-3-13-57(14-4-1)77(61-41-33-53(34-42-61)65-47-75-45-11-9-19-67(75)71-65)59-37-29-51(30-38-59)49-21-25-55(26-22-49)69-70(74-64-18-8-7-17-63(64)73-69)56-27-23-50(24-28-56)52-31-39-60(40-32-52)78(58-15-5-2-6-16-58)62-43-35-54(36-44-62)66-48-76-46-12-10-20-68(76)72-66/h1-48H. The predicted octanol–water partition coefficient (Wildman–Crippen LogP) is 17.9. The number of pyridine rings is 2. The maximum Gasteiger partial charge on any atom is 0.137 e. The molecule has 0 radical (unpaired) electrons. The van der Waals surface area contributed by atoms with Crippen LogP contribution in [0.1, 0.15) is 0 Å². The normalized spacial score (nSPS) is 11.3. The van der Waals surface area contributed by atoms with Crippen molar-refractivity contribution in [1.82, 2.24) is 28.7 Å². The second-order valence-electron chi connectivity index (χ2n) is 19.3. The van der Waals surface area contributed by atoms with Crippen molar-refractivity contribution < 1.29 is 0 Å². The summed E-state index contributed by atoms with van der Waals surface area (Å²) in [5.41, 5.74) is 22.1. The van der Waals surface area contributed by atoms with Gasteiger partial charge in [0, 0.05) is 81.2 Å². The van der Waals surface area contributed by atoms with E-state index in [-0.39, 0.29) is 0 Å². The van der Waals surface area contributed by atoms with Gasteiger partial charge in [-0.3, -0.25) is 0 Å². The zero-order chi connectivity index (χ0) is 51.8. The number of rotatable bonds is 12. The molecule has 14 rings (SSSR count). The monoisotopic (exact) mass is 1000 g/mol. The Balaban J connectivity index is 0.720. The third-order valence-corrected chi connectivity index (χ3v) is 14.4. The van der Waals surface area contributed by atoms with Gasteiger partial charge >= 0.3 is 0 Å². The second kappa shape index (κ2) is 19.9. The Bertz CT molecular complexity index is 4030. The molecule has 8 nitrogen and oxygen atoms in total. The van der Waals surface area contributed by atoms with Gasteiger partial charge in [-0.25, -0.2) is 19.9 Å². The van der Waals surface area contributed by atoms with Gasteiger partial charge in [0.25, 0.3) is 0 Å². The average Bonchev–Trinajstić information content (AvgIpc) is 4.18. The number of benzene rings is 9. The summed E-state index contributed by atoms with van der Waals surface area (Å²) < 4.78 is 4.10. The SMILES string of the molecule is c1ccc(N(c2ccc(-c3ccc(-c4nc5ccccc5nc4-c4ccc(-c5ccc(N(c6ccccc6)c6ccc(-c7cn8ccccc8n7)cc6)cc5)cc4)cc3)cc2)c2ccc(-c3cn4ccccc4n3)cc2)cc1. The Morgan fingerprint density at radius 3 is 0.859 bits per heavy atom. The van der Waals surface area contributed by atoms with E-state index in [1.54, 1.807) is 0 Å². The Hall–Kier alpha value is -10.7. The van der Waals surface area contributed by atoms with E-state index in [0.29, 0.717) is 0 Å². The maximum atomic E-state index is 5.25. The summed E-state index contributed by atoms with van der Waals surface area (Å²) in [6, 6.07) is 93.4. The van der Waals surface area contributed by atoms with Crippen LogP contribution in [0.25, 0.3) is 89.6 Å². The minimum atomic E-state index is 0.839. The number of para-hydroxylation sites is 4. The summed E-state index contributed by atoms with van der Waals surface area (Å²) in [5.74, 6) is 0. The molecule has 9 aromatic carbocycles. The minimum absolute atomic E-state index is 0.839. The molecule has 0 amide bonds. The van der Waals surface area contributed by atoms with Gasteiger partial charge in [0.15, 0.2) is 0 Å². The van der Waals surface area contributed by atoms with Crippen LogP contribution in [-0.4, -0.2) is 28.7 Å². The van der Waals surface area contributed by atoms with Crippen LogP contribution in [0.3, 0.4) is 0 Å². The van der Waals surface area contributed by atoms with Gasteiger partial charge in [-0.1, -0.05) is 158 Å². The van der Waals surface area contributed by atoms with Crippen LogP contribution in [-0.2, 0) is 0 Å². The summed E-state index contributed by atoms with van der Waals surface area (Å²) in [6.07, 6.45) is 8.20. The molecule has 0 bridgehead atoms. The molecule has 5 heterocycles. The van der Waals surface area contributed by atoms with E-state index in [1.807, 2.05) is 73.1 Å². The Kier molecular flexibility index (Phi) is 11.7. The Morgan fingerprint density at radius 1 is 0.231 bits per heavy atom. The second-order valence-corrected chi connectivity index (χ2v) is 19.3. The van der Waals surface area contributed by atoms with Crippen LogP contribution in [0.5, 0.6) is 0 Å². The number of fused-ring (bicyclic) bond motifs is 3. The van der Waals surface area contributed by atoms with E-state index in [9.17, 15) is 0 Å². The van der Waals surface area contributed by atoms with Gasteiger partial charge in [-0.05, 0) is 131 Å². The molecule has 0 aliphatic rings. The largest absolute Gasteiger partial charge is 0.311 e. The first-order chi connectivity index (χ1) is 38.6. The van der Waals surface area contributed by atoms with Crippen molar-refractivity contribution in [1.29, 1.82) is 0 Å². The van der Waals surface area contributed by atoms with E-state index in [0.717, 1.165) is 124 Å². The molecule has 0 N–H and O–H groups in total. The van der Waals surface area contributed by atoms with Crippen molar-refractivity contribution in [3.8, 4) is 67.3 Å². The number of hydrogen-bond donors (Lipinski definition) is 0. The highest BCUT2D eigenvalue weighted by molar-refractivity contribution is 5.88. The molecule has 0 aliphatic heterocycles. The molecule has 0 saturated carbocycles.